The Morgan fingerprint density at radius 3 is 2.75 bits per heavy atom. The van der Waals surface area contributed by atoms with Gasteiger partial charge in [0, 0.05) is 6.07 Å². The molecule has 0 saturated carbocycles. The van der Waals surface area contributed by atoms with Gasteiger partial charge in [-0.3, -0.25) is 4.98 Å². The van der Waals surface area contributed by atoms with Crippen LogP contribution >= 0.6 is 11.6 Å². The van der Waals surface area contributed by atoms with Gasteiger partial charge in [-0.05, 0) is 12.1 Å². The summed E-state index contributed by atoms with van der Waals surface area (Å²) in [6.07, 6.45) is 2.70. The van der Waals surface area contributed by atoms with E-state index in [0.29, 0.717) is 0 Å². The second-order valence-electron chi connectivity index (χ2n) is 2.98. The third-order valence-electron chi connectivity index (χ3n) is 1.80. The minimum absolute atomic E-state index is 0.0171. The fourth-order valence-corrected chi connectivity index (χ4v) is 1.28. The van der Waals surface area contributed by atoms with Gasteiger partial charge in [0.2, 0.25) is 0 Å². The summed E-state index contributed by atoms with van der Waals surface area (Å²) in [6.45, 7) is 0. The average molecular weight is 242 g/mol. The quantitative estimate of drug-likeness (QED) is 0.878. The minimum atomic E-state index is -0.580. The third kappa shape index (κ3) is 2.43. The van der Waals surface area contributed by atoms with Gasteiger partial charge >= 0.3 is 0 Å². The predicted molar refractivity (Wildman–Crippen MR) is 56.7 cm³/mol. The Hall–Kier alpha value is -1.75. The number of halogens is 3. The van der Waals surface area contributed by atoms with Crippen molar-refractivity contribution >= 4 is 23.1 Å². The molecule has 82 valence electrons. The van der Waals surface area contributed by atoms with Gasteiger partial charge in [-0.1, -0.05) is 11.6 Å². The number of nitrogens with zero attached hydrogens (tertiary/aromatic N) is 2. The number of anilines is 2. The zero-order chi connectivity index (χ0) is 11.5. The molecule has 0 fully saturated rings. The zero-order valence-electron chi connectivity index (χ0n) is 7.92. The lowest BCUT2D eigenvalue weighted by atomic mass is 10.3. The molecule has 3 nitrogen and oxygen atoms in total. The van der Waals surface area contributed by atoms with E-state index in [0.717, 1.165) is 18.2 Å². The first kappa shape index (κ1) is 10.8. The maximum absolute atomic E-state index is 13.2. The standard InChI is InChI=1S/C10H6ClF2N3/c11-9-4-14-5-10(16-9)15-8-3-6(12)1-2-7(8)13/h1-5H,(H,15,16). The van der Waals surface area contributed by atoms with Crippen LogP contribution in [0.3, 0.4) is 0 Å². The van der Waals surface area contributed by atoms with Crippen LogP contribution in [0.25, 0.3) is 0 Å². The van der Waals surface area contributed by atoms with Gasteiger partial charge in [-0.15, -0.1) is 0 Å². The maximum atomic E-state index is 13.2. The fraction of sp³-hybridized carbons (Fsp3) is 0. The van der Waals surface area contributed by atoms with Crippen LogP contribution in [0.2, 0.25) is 5.15 Å². The minimum Gasteiger partial charge on any atom is -0.336 e. The van der Waals surface area contributed by atoms with Crippen LogP contribution in [0.4, 0.5) is 20.3 Å². The topological polar surface area (TPSA) is 37.8 Å². The molecule has 1 aromatic heterocycles. The summed E-state index contributed by atoms with van der Waals surface area (Å²) in [6, 6.07) is 3.08. The lowest BCUT2D eigenvalue weighted by molar-refractivity contribution is 0.603. The normalized spacial score (nSPS) is 10.2. The van der Waals surface area contributed by atoms with Gasteiger partial charge in [0.1, 0.15) is 16.8 Å². The molecule has 0 unspecified atom stereocenters. The summed E-state index contributed by atoms with van der Waals surface area (Å²) in [4.78, 5) is 7.60. The van der Waals surface area contributed by atoms with Crippen LogP contribution in [-0.4, -0.2) is 9.97 Å². The molecule has 6 heteroatoms. The Morgan fingerprint density at radius 1 is 1.19 bits per heavy atom. The summed E-state index contributed by atoms with van der Waals surface area (Å²) < 4.78 is 26.1. The van der Waals surface area contributed by atoms with Crippen LogP contribution in [0, 0.1) is 11.6 Å². The molecule has 16 heavy (non-hydrogen) atoms. The Bertz CT molecular complexity index is 519. The largest absolute Gasteiger partial charge is 0.336 e. The smallest absolute Gasteiger partial charge is 0.150 e. The molecule has 0 aliphatic rings. The van der Waals surface area contributed by atoms with Crippen molar-refractivity contribution < 1.29 is 8.78 Å². The van der Waals surface area contributed by atoms with Crippen molar-refractivity contribution in [1.29, 1.82) is 0 Å². The highest BCUT2D eigenvalue weighted by Gasteiger charge is 2.05. The van der Waals surface area contributed by atoms with Crippen LogP contribution in [0.15, 0.2) is 30.6 Å². The highest BCUT2D eigenvalue weighted by atomic mass is 35.5. The van der Waals surface area contributed by atoms with E-state index >= 15 is 0 Å². The van der Waals surface area contributed by atoms with Crippen molar-refractivity contribution in [2.75, 3.05) is 5.32 Å². The first-order valence-electron chi connectivity index (χ1n) is 4.35. The van der Waals surface area contributed by atoms with E-state index in [2.05, 4.69) is 15.3 Å². The third-order valence-corrected chi connectivity index (χ3v) is 1.98. The number of aromatic nitrogens is 2. The monoisotopic (exact) mass is 241 g/mol. The highest BCUT2D eigenvalue weighted by molar-refractivity contribution is 6.29. The Balaban J connectivity index is 2.30. The summed E-state index contributed by atoms with van der Waals surface area (Å²) >= 11 is 5.60. The molecular weight excluding hydrogens is 236 g/mol. The molecule has 1 N–H and O–H groups in total. The first-order chi connectivity index (χ1) is 7.65. The van der Waals surface area contributed by atoms with Gasteiger partial charge in [-0.2, -0.15) is 0 Å². The Morgan fingerprint density at radius 2 is 2.00 bits per heavy atom. The molecule has 1 heterocycles. The van der Waals surface area contributed by atoms with Crippen LogP contribution in [0.1, 0.15) is 0 Å². The van der Waals surface area contributed by atoms with Gasteiger partial charge < -0.3 is 5.32 Å². The molecule has 0 bridgehead atoms. The molecule has 1 aromatic carbocycles. The summed E-state index contributed by atoms with van der Waals surface area (Å²) in [5, 5.41) is 2.75. The van der Waals surface area contributed by atoms with Crippen LogP contribution in [-0.2, 0) is 0 Å². The number of hydrogen-bond donors (Lipinski definition) is 1. The van der Waals surface area contributed by atoms with Crippen molar-refractivity contribution in [3.63, 3.8) is 0 Å². The molecule has 0 saturated heterocycles. The van der Waals surface area contributed by atoms with Gasteiger partial charge in [0.15, 0.2) is 5.82 Å². The van der Waals surface area contributed by atoms with E-state index in [9.17, 15) is 8.78 Å². The molecule has 0 radical (unpaired) electrons. The van der Waals surface area contributed by atoms with Crippen LogP contribution in [0.5, 0.6) is 0 Å². The SMILES string of the molecule is Fc1ccc(F)c(Nc2cncc(Cl)n2)c1. The van der Waals surface area contributed by atoms with E-state index in [1.54, 1.807) is 0 Å². The highest BCUT2D eigenvalue weighted by Crippen LogP contribution is 2.19. The number of rotatable bonds is 2. The molecule has 2 aromatic rings. The van der Waals surface area contributed by atoms with Crippen molar-refractivity contribution in [3.8, 4) is 0 Å². The second kappa shape index (κ2) is 4.40. The molecule has 2 rings (SSSR count). The lowest BCUT2D eigenvalue weighted by Gasteiger charge is -2.06. The fourth-order valence-electron chi connectivity index (χ4n) is 1.13. The number of benzene rings is 1. The lowest BCUT2D eigenvalue weighted by Crippen LogP contribution is -1.97. The van der Waals surface area contributed by atoms with Gasteiger partial charge in [0.25, 0.3) is 0 Å². The van der Waals surface area contributed by atoms with Crippen molar-refractivity contribution in [2.24, 2.45) is 0 Å². The van der Waals surface area contributed by atoms with Crippen molar-refractivity contribution in [2.45, 2.75) is 0 Å². The number of hydrogen-bond acceptors (Lipinski definition) is 3. The van der Waals surface area contributed by atoms with Crippen LogP contribution < -0.4 is 5.32 Å². The summed E-state index contributed by atoms with van der Waals surface area (Å²) in [5.74, 6) is -0.876. The first-order valence-corrected chi connectivity index (χ1v) is 4.72. The molecule has 0 spiro atoms. The molecular formula is C10H6ClF2N3. The zero-order valence-corrected chi connectivity index (χ0v) is 8.67. The predicted octanol–water partition coefficient (Wildman–Crippen LogP) is 3.15. The van der Waals surface area contributed by atoms with E-state index in [-0.39, 0.29) is 16.7 Å². The maximum Gasteiger partial charge on any atom is 0.150 e. The summed E-state index contributed by atoms with van der Waals surface area (Å²) in [5.41, 5.74) is -0.0171. The Labute approximate surface area is 95.1 Å². The van der Waals surface area contributed by atoms with E-state index in [1.807, 2.05) is 0 Å². The molecule has 0 amide bonds. The Kier molecular flexibility index (Phi) is 2.96. The van der Waals surface area contributed by atoms with Crippen molar-refractivity contribution in [1.82, 2.24) is 9.97 Å². The van der Waals surface area contributed by atoms with Gasteiger partial charge in [0.05, 0.1) is 18.1 Å². The number of nitrogens with one attached hydrogen (secondary N) is 1. The molecule has 0 aliphatic heterocycles. The van der Waals surface area contributed by atoms with Crippen molar-refractivity contribution in [3.05, 3.63) is 47.4 Å². The van der Waals surface area contributed by atoms with E-state index < -0.39 is 11.6 Å². The molecule has 0 aliphatic carbocycles. The van der Waals surface area contributed by atoms with E-state index in [1.165, 1.54) is 12.4 Å². The average Bonchev–Trinajstić information content (AvgIpc) is 2.24. The van der Waals surface area contributed by atoms with Gasteiger partial charge in [-0.25, -0.2) is 13.8 Å². The second-order valence-corrected chi connectivity index (χ2v) is 3.36. The summed E-state index contributed by atoms with van der Waals surface area (Å²) in [7, 11) is 0. The molecule has 0 atom stereocenters. The van der Waals surface area contributed by atoms with E-state index in [4.69, 9.17) is 11.6 Å².